The van der Waals surface area contributed by atoms with Crippen LogP contribution in [0.3, 0.4) is 0 Å². The van der Waals surface area contributed by atoms with E-state index < -0.39 is 0 Å². The number of carbonyl (C=O) groups is 1. The smallest absolute Gasteiger partial charge is 0.223 e. The van der Waals surface area contributed by atoms with Crippen molar-refractivity contribution in [3.8, 4) is 0 Å². The number of fused-ring (bicyclic) bond motifs is 3. The molecular formula is C30H37N5O. The van der Waals surface area contributed by atoms with Gasteiger partial charge in [0.25, 0.3) is 0 Å². The maximum absolute atomic E-state index is 12.9. The van der Waals surface area contributed by atoms with Gasteiger partial charge in [0, 0.05) is 50.9 Å². The molecule has 36 heavy (non-hydrogen) atoms. The highest BCUT2D eigenvalue weighted by atomic mass is 16.1. The van der Waals surface area contributed by atoms with Crippen molar-refractivity contribution in [2.45, 2.75) is 45.7 Å². The van der Waals surface area contributed by atoms with Gasteiger partial charge >= 0.3 is 0 Å². The van der Waals surface area contributed by atoms with Crippen molar-refractivity contribution in [1.82, 2.24) is 19.6 Å². The molecule has 1 saturated heterocycles. The first-order valence-electron chi connectivity index (χ1n) is 13.3. The number of piperidine rings is 1. The first kappa shape index (κ1) is 24.3. The third-order valence-corrected chi connectivity index (χ3v) is 7.39. The Hall–Kier alpha value is -3.38. The van der Waals surface area contributed by atoms with E-state index in [1.54, 1.807) is 0 Å². The number of nitrogens with zero attached hydrogens (tertiary/aromatic N) is 4. The third-order valence-electron chi connectivity index (χ3n) is 7.39. The monoisotopic (exact) mass is 483 g/mol. The minimum absolute atomic E-state index is 0.0787. The van der Waals surface area contributed by atoms with E-state index in [2.05, 4.69) is 100 Å². The molecule has 0 saturated carbocycles. The van der Waals surface area contributed by atoms with Crippen LogP contribution in [0.1, 0.15) is 38.7 Å². The normalized spacial score (nSPS) is 14.8. The van der Waals surface area contributed by atoms with Crippen LogP contribution in [-0.2, 0) is 11.3 Å². The summed E-state index contributed by atoms with van der Waals surface area (Å²) in [5, 5.41) is 3.21. The quantitative estimate of drug-likeness (QED) is 0.336. The summed E-state index contributed by atoms with van der Waals surface area (Å²) >= 11 is 0. The van der Waals surface area contributed by atoms with Crippen LogP contribution in [0.15, 0.2) is 72.9 Å². The average molecular weight is 484 g/mol. The van der Waals surface area contributed by atoms with Crippen molar-refractivity contribution in [2.24, 2.45) is 5.92 Å². The molecule has 0 bridgehead atoms. The lowest BCUT2D eigenvalue weighted by molar-refractivity contribution is -0.125. The van der Waals surface area contributed by atoms with Gasteiger partial charge in [-0.25, -0.2) is 4.98 Å². The molecule has 1 aliphatic heterocycles. The molecule has 188 valence electrons. The van der Waals surface area contributed by atoms with E-state index in [0.717, 1.165) is 74.4 Å². The standard InChI is InChI=1S/C30H37N5O/c1-23(2)34(22-24-10-4-3-5-11-24)18-9-17-31-30(36)25-15-20-33(21-16-25)29-28-14-8-19-35(28)27-13-7-6-12-26(27)32-29/h3-8,10-14,19,23,25H,9,15-18,20-22H2,1-2H3,(H,31,36). The highest BCUT2D eigenvalue weighted by Crippen LogP contribution is 2.29. The molecule has 1 N–H and O–H groups in total. The fourth-order valence-corrected chi connectivity index (χ4v) is 5.27. The molecule has 1 amide bonds. The van der Waals surface area contributed by atoms with Gasteiger partial charge < -0.3 is 14.6 Å². The number of para-hydroxylation sites is 2. The van der Waals surface area contributed by atoms with Crippen molar-refractivity contribution >= 4 is 28.3 Å². The highest BCUT2D eigenvalue weighted by Gasteiger charge is 2.26. The largest absolute Gasteiger partial charge is 0.356 e. The Morgan fingerprint density at radius 3 is 2.50 bits per heavy atom. The summed E-state index contributed by atoms with van der Waals surface area (Å²) in [4.78, 5) is 22.7. The number of hydrogen-bond acceptors (Lipinski definition) is 4. The van der Waals surface area contributed by atoms with Gasteiger partial charge in [-0.05, 0) is 62.9 Å². The Bertz CT molecular complexity index is 1290. The summed E-state index contributed by atoms with van der Waals surface area (Å²) in [6, 6.07) is 23.5. The number of rotatable bonds is 9. The Labute approximate surface area is 213 Å². The number of nitrogens with one attached hydrogen (secondary N) is 1. The van der Waals surface area contributed by atoms with Crippen LogP contribution >= 0.6 is 0 Å². The Balaban J connectivity index is 1.12. The van der Waals surface area contributed by atoms with Crippen LogP contribution in [0.25, 0.3) is 16.6 Å². The Morgan fingerprint density at radius 2 is 1.72 bits per heavy atom. The van der Waals surface area contributed by atoms with Crippen molar-refractivity contribution in [3.05, 3.63) is 78.5 Å². The summed E-state index contributed by atoms with van der Waals surface area (Å²) in [7, 11) is 0. The van der Waals surface area contributed by atoms with Crippen LogP contribution in [0.5, 0.6) is 0 Å². The summed E-state index contributed by atoms with van der Waals surface area (Å²) in [6.07, 6.45) is 4.78. The van der Waals surface area contributed by atoms with E-state index in [-0.39, 0.29) is 11.8 Å². The zero-order valence-electron chi connectivity index (χ0n) is 21.4. The topological polar surface area (TPSA) is 52.9 Å². The molecule has 0 unspecified atom stereocenters. The van der Waals surface area contributed by atoms with Gasteiger partial charge in [-0.15, -0.1) is 0 Å². The van der Waals surface area contributed by atoms with Gasteiger partial charge in [-0.1, -0.05) is 42.5 Å². The molecule has 1 fully saturated rings. The lowest BCUT2D eigenvalue weighted by atomic mass is 9.96. The Kier molecular flexibility index (Phi) is 7.52. The van der Waals surface area contributed by atoms with E-state index in [1.165, 1.54) is 5.56 Å². The fourth-order valence-electron chi connectivity index (χ4n) is 5.27. The van der Waals surface area contributed by atoms with E-state index >= 15 is 0 Å². The van der Waals surface area contributed by atoms with Crippen molar-refractivity contribution in [3.63, 3.8) is 0 Å². The SMILES string of the molecule is CC(C)N(CCCNC(=O)C1CCN(c2nc3ccccc3n3cccc23)CC1)Cc1ccccc1. The molecule has 2 aromatic heterocycles. The molecular weight excluding hydrogens is 446 g/mol. The van der Waals surface area contributed by atoms with E-state index in [9.17, 15) is 4.79 Å². The van der Waals surface area contributed by atoms with Gasteiger partial charge in [0.1, 0.15) is 0 Å². The van der Waals surface area contributed by atoms with E-state index in [4.69, 9.17) is 4.98 Å². The van der Waals surface area contributed by atoms with Crippen molar-refractivity contribution in [2.75, 3.05) is 31.1 Å². The maximum atomic E-state index is 12.9. The van der Waals surface area contributed by atoms with Crippen LogP contribution in [-0.4, -0.2) is 52.4 Å². The second kappa shape index (κ2) is 11.1. The van der Waals surface area contributed by atoms with Gasteiger partial charge in [0.2, 0.25) is 5.91 Å². The zero-order chi connectivity index (χ0) is 24.9. The second-order valence-corrected chi connectivity index (χ2v) is 10.1. The fraction of sp³-hybridized carbons (Fsp3) is 0.400. The van der Waals surface area contributed by atoms with Crippen molar-refractivity contribution < 1.29 is 4.79 Å². The number of carbonyl (C=O) groups excluding carboxylic acids is 1. The maximum Gasteiger partial charge on any atom is 0.223 e. The lowest BCUT2D eigenvalue weighted by Crippen LogP contribution is -2.41. The molecule has 0 aliphatic carbocycles. The number of anilines is 1. The molecule has 2 aromatic carbocycles. The van der Waals surface area contributed by atoms with Crippen LogP contribution in [0.2, 0.25) is 0 Å². The number of aromatic nitrogens is 2. The molecule has 5 rings (SSSR count). The molecule has 6 heteroatoms. The van der Waals surface area contributed by atoms with Crippen LogP contribution in [0.4, 0.5) is 5.82 Å². The minimum atomic E-state index is 0.0787. The molecule has 0 atom stereocenters. The summed E-state index contributed by atoms with van der Waals surface area (Å²) < 4.78 is 2.22. The summed E-state index contributed by atoms with van der Waals surface area (Å²) in [6.45, 7) is 8.83. The number of hydrogen-bond donors (Lipinski definition) is 1. The average Bonchev–Trinajstić information content (AvgIpc) is 3.41. The van der Waals surface area contributed by atoms with Gasteiger partial charge in [-0.3, -0.25) is 9.69 Å². The first-order chi connectivity index (χ1) is 17.6. The molecule has 0 radical (unpaired) electrons. The summed E-state index contributed by atoms with van der Waals surface area (Å²) in [5.41, 5.74) is 4.58. The van der Waals surface area contributed by atoms with E-state index in [1.807, 2.05) is 6.07 Å². The van der Waals surface area contributed by atoms with Crippen molar-refractivity contribution in [1.29, 1.82) is 0 Å². The highest BCUT2D eigenvalue weighted by molar-refractivity contribution is 5.85. The van der Waals surface area contributed by atoms with E-state index in [0.29, 0.717) is 6.04 Å². The van der Waals surface area contributed by atoms with Gasteiger partial charge in [0.15, 0.2) is 5.82 Å². The predicted octanol–water partition coefficient (Wildman–Crippen LogP) is 5.12. The third kappa shape index (κ3) is 5.39. The lowest BCUT2D eigenvalue weighted by Gasteiger charge is -2.33. The van der Waals surface area contributed by atoms with Crippen LogP contribution < -0.4 is 10.2 Å². The first-order valence-corrected chi connectivity index (χ1v) is 13.3. The predicted molar refractivity (Wildman–Crippen MR) is 147 cm³/mol. The van der Waals surface area contributed by atoms with Gasteiger partial charge in [0.05, 0.1) is 16.6 Å². The minimum Gasteiger partial charge on any atom is -0.356 e. The Morgan fingerprint density at radius 1 is 1.00 bits per heavy atom. The summed E-state index contributed by atoms with van der Waals surface area (Å²) in [5.74, 6) is 1.30. The number of benzene rings is 2. The molecule has 4 aromatic rings. The second-order valence-electron chi connectivity index (χ2n) is 10.1. The number of amides is 1. The molecule has 1 aliphatic rings. The van der Waals surface area contributed by atoms with Gasteiger partial charge in [-0.2, -0.15) is 0 Å². The molecule has 0 spiro atoms. The van der Waals surface area contributed by atoms with Crippen LogP contribution in [0, 0.1) is 5.92 Å². The molecule has 3 heterocycles. The zero-order valence-corrected chi connectivity index (χ0v) is 21.4. The molecule has 6 nitrogen and oxygen atoms in total.